The summed E-state index contributed by atoms with van der Waals surface area (Å²) >= 11 is 1.12. The van der Waals surface area contributed by atoms with Gasteiger partial charge in [0.2, 0.25) is 5.91 Å². The lowest BCUT2D eigenvalue weighted by Crippen LogP contribution is -2.25. The summed E-state index contributed by atoms with van der Waals surface area (Å²) in [6.07, 6.45) is -3.03. The summed E-state index contributed by atoms with van der Waals surface area (Å²) in [5.74, 6) is -0.710. The van der Waals surface area contributed by atoms with Crippen LogP contribution in [0.15, 0.2) is 52.4 Å². The molecule has 0 spiro atoms. The van der Waals surface area contributed by atoms with Crippen molar-refractivity contribution in [3.05, 3.63) is 52.8 Å². The molecule has 1 aromatic heterocycles. The number of ether oxygens (including phenoxy) is 3. The van der Waals surface area contributed by atoms with Crippen LogP contribution in [-0.2, 0) is 16.1 Å². The molecule has 4 rings (SSSR count). The molecule has 0 aliphatic carbocycles. The fraction of sp³-hybridized carbons (Fsp3) is 0.348. The standard InChI is InChI=1S/C23H23F2N3O5S/c1-14(2)31-11-5-10-28-21(30)16-6-3-4-7-17(16)27-22(28)34-13-20(29)26-15-8-9-18-19(12-15)33-23(24,25)32-18/h3-4,6-9,12,14H,5,10-11,13H2,1-2H3,(H,26,29). The fourth-order valence-corrected chi connectivity index (χ4v) is 4.18. The number of carbonyl (C=O) groups excluding carboxylic acids is 1. The van der Waals surface area contributed by atoms with E-state index < -0.39 is 12.2 Å². The maximum absolute atomic E-state index is 13.2. The molecule has 2 heterocycles. The van der Waals surface area contributed by atoms with Crippen LogP contribution in [0.3, 0.4) is 0 Å². The molecule has 0 unspecified atom stereocenters. The van der Waals surface area contributed by atoms with Gasteiger partial charge in [0, 0.05) is 24.9 Å². The molecule has 8 nitrogen and oxygen atoms in total. The second-order valence-corrected chi connectivity index (χ2v) is 8.75. The normalized spacial score (nSPS) is 14.0. The number of anilines is 1. The molecular formula is C23H23F2N3O5S. The second-order valence-electron chi connectivity index (χ2n) is 7.81. The Morgan fingerprint density at radius 2 is 1.97 bits per heavy atom. The van der Waals surface area contributed by atoms with Crippen LogP contribution < -0.4 is 20.3 Å². The van der Waals surface area contributed by atoms with Crippen molar-refractivity contribution in [2.45, 2.75) is 44.4 Å². The molecule has 3 aromatic rings. The fourth-order valence-electron chi connectivity index (χ4n) is 3.35. The Morgan fingerprint density at radius 3 is 2.76 bits per heavy atom. The first-order valence-corrected chi connectivity index (χ1v) is 11.6. The minimum Gasteiger partial charge on any atom is -0.395 e. The zero-order valence-corrected chi connectivity index (χ0v) is 19.4. The van der Waals surface area contributed by atoms with Crippen LogP contribution in [0.5, 0.6) is 11.5 Å². The number of amides is 1. The van der Waals surface area contributed by atoms with Gasteiger partial charge >= 0.3 is 6.29 Å². The second kappa shape index (κ2) is 9.98. The van der Waals surface area contributed by atoms with E-state index in [1.165, 1.54) is 18.2 Å². The summed E-state index contributed by atoms with van der Waals surface area (Å²) in [6.45, 7) is 4.76. The highest BCUT2D eigenvalue weighted by Gasteiger charge is 2.43. The molecule has 0 saturated heterocycles. The van der Waals surface area contributed by atoms with Crippen LogP contribution in [0.4, 0.5) is 14.5 Å². The smallest absolute Gasteiger partial charge is 0.395 e. The topological polar surface area (TPSA) is 91.7 Å². The number of carbonyl (C=O) groups is 1. The number of benzene rings is 2. The minimum absolute atomic E-state index is 0.0438. The monoisotopic (exact) mass is 491 g/mol. The predicted molar refractivity (Wildman–Crippen MR) is 124 cm³/mol. The summed E-state index contributed by atoms with van der Waals surface area (Å²) in [5.41, 5.74) is 0.636. The number of nitrogens with one attached hydrogen (secondary N) is 1. The van der Waals surface area contributed by atoms with Crippen molar-refractivity contribution in [3.63, 3.8) is 0 Å². The first-order chi connectivity index (χ1) is 16.2. The van der Waals surface area contributed by atoms with Crippen molar-refractivity contribution in [1.29, 1.82) is 0 Å². The maximum atomic E-state index is 13.2. The Labute approximate surface area is 198 Å². The molecule has 180 valence electrons. The van der Waals surface area contributed by atoms with Gasteiger partial charge in [-0.25, -0.2) is 4.98 Å². The highest BCUT2D eigenvalue weighted by Crippen LogP contribution is 2.42. The van der Waals surface area contributed by atoms with Crippen LogP contribution in [0.1, 0.15) is 20.3 Å². The number of nitrogens with zero attached hydrogens (tertiary/aromatic N) is 2. The molecular weight excluding hydrogens is 468 g/mol. The van der Waals surface area contributed by atoms with Gasteiger partial charge in [0.25, 0.3) is 5.56 Å². The molecule has 0 fully saturated rings. The van der Waals surface area contributed by atoms with E-state index in [1.807, 2.05) is 13.8 Å². The summed E-state index contributed by atoms with van der Waals surface area (Å²) in [4.78, 5) is 30.2. The molecule has 0 atom stereocenters. The number of alkyl halides is 2. The molecule has 2 aromatic carbocycles. The van der Waals surface area contributed by atoms with Gasteiger partial charge in [0.15, 0.2) is 16.7 Å². The first kappa shape index (κ1) is 24.0. The number of thioether (sulfide) groups is 1. The number of aromatic nitrogens is 2. The highest BCUT2D eigenvalue weighted by molar-refractivity contribution is 7.99. The van der Waals surface area contributed by atoms with E-state index in [2.05, 4.69) is 19.8 Å². The van der Waals surface area contributed by atoms with E-state index in [1.54, 1.807) is 28.8 Å². The van der Waals surface area contributed by atoms with Crippen molar-refractivity contribution in [3.8, 4) is 11.5 Å². The average Bonchev–Trinajstić information content (AvgIpc) is 3.09. The highest BCUT2D eigenvalue weighted by atomic mass is 32.2. The van der Waals surface area contributed by atoms with Crippen LogP contribution in [0.25, 0.3) is 10.9 Å². The Morgan fingerprint density at radius 1 is 1.21 bits per heavy atom. The summed E-state index contributed by atoms with van der Waals surface area (Å²) in [6, 6.07) is 11.0. The third kappa shape index (κ3) is 5.65. The summed E-state index contributed by atoms with van der Waals surface area (Å²) in [5, 5.41) is 3.54. The van der Waals surface area contributed by atoms with Gasteiger partial charge < -0.3 is 19.5 Å². The van der Waals surface area contributed by atoms with Gasteiger partial charge in [-0.05, 0) is 44.5 Å². The lowest BCUT2D eigenvalue weighted by Gasteiger charge is -2.14. The van der Waals surface area contributed by atoms with E-state index in [9.17, 15) is 18.4 Å². The largest absolute Gasteiger partial charge is 0.586 e. The molecule has 0 bridgehead atoms. The van der Waals surface area contributed by atoms with Crippen LogP contribution in [0.2, 0.25) is 0 Å². The van der Waals surface area contributed by atoms with Crippen molar-refractivity contribution >= 4 is 34.3 Å². The number of para-hydroxylation sites is 1. The van der Waals surface area contributed by atoms with Gasteiger partial charge in [0.05, 0.1) is 22.8 Å². The van der Waals surface area contributed by atoms with E-state index >= 15 is 0 Å². The van der Waals surface area contributed by atoms with Crippen LogP contribution in [0, 0.1) is 0 Å². The van der Waals surface area contributed by atoms with Crippen LogP contribution in [-0.4, -0.2) is 40.2 Å². The lowest BCUT2D eigenvalue weighted by atomic mass is 10.2. The molecule has 1 aliphatic heterocycles. The Kier molecular flexibility index (Phi) is 7.03. The quantitative estimate of drug-likeness (QED) is 0.272. The predicted octanol–water partition coefficient (Wildman–Crippen LogP) is 4.26. The van der Waals surface area contributed by atoms with Crippen molar-refractivity contribution in [1.82, 2.24) is 9.55 Å². The van der Waals surface area contributed by atoms with Gasteiger partial charge in [-0.2, -0.15) is 0 Å². The lowest BCUT2D eigenvalue weighted by molar-refractivity contribution is -0.286. The number of fused-ring (bicyclic) bond motifs is 2. The number of hydrogen-bond donors (Lipinski definition) is 1. The molecule has 0 saturated carbocycles. The molecule has 1 aliphatic rings. The molecule has 1 amide bonds. The molecule has 34 heavy (non-hydrogen) atoms. The van der Waals surface area contributed by atoms with Gasteiger partial charge in [-0.3, -0.25) is 14.2 Å². The average molecular weight is 492 g/mol. The summed E-state index contributed by atoms with van der Waals surface area (Å²) in [7, 11) is 0. The SMILES string of the molecule is CC(C)OCCCn1c(SCC(=O)Nc2ccc3c(c2)OC(F)(F)O3)nc2ccccc2c1=O. The van der Waals surface area contributed by atoms with Gasteiger partial charge in [-0.15, -0.1) is 8.78 Å². The Bertz CT molecular complexity index is 1270. The summed E-state index contributed by atoms with van der Waals surface area (Å²) < 4.78 is 42.3. The molecule has 1 N–H and O–H groups in total. The third-order valence-electron chi connectivity index (χ3n) is 4.82. The first-order valence-electron chi connectivity index (χ1n) is 10.7. The van der Waals surface area contributed by atoms with E-state index in [-0.39, 0.29) is 34.6 Å². The van der Waals surface area contributed by atoms with E-state index in [0.717, 1.165) is 11.8 Å². The van der Waals surface area contributed by atoms with Crippen molar-refractivity contribution in [2.24, 2.45) is 0 Å². The molecule has 11 heteroatoms. The van der Waals surface area contributed by atoms with Crippen molar-refractivity contribution < 1.29 is 27.8 Å². The van der Waals surface area contributed by atoms with Gasteiger partial charge in [-0.1, -0.05) is 23.9 Å². The zero-order valence-electron chi connectivity index (χ0n) is 18.5. The van der Waals surface area contributed by atoms with Crippen molar-refractivity contribution in [2.75, 3.05) is 17.7 Å². The van der Waals surface area contributed by atoms with E-state index in [4.69, 9.17) is 4.74 Å². The van der Waals surface area contributed by atoms with Gasteiger partial charge in [0.1, 0.15) is 0 Å². The third-order valence-corrected chi connectivity index (χ3v) is 5.80. The number of rotatable bonds is 9. The minimum atomic E-state index is -3.73. The van der Waals surface area contributed by atoms with Crippen LogP contribution >= 0.6 is 11.8 Å². The zero-order chi connectivity index (χ0) is 24.3. The number of halogens is 2. The van der Waals surface area contributed by atoms with E-state index in [0.29, 0.717) is 35.6 Å². The maximum Gasteiger partial charge on any atom is 0.586 e. The number of hydrogen-bond acceptors (Lipinski definition) is 7. The Balaban J connectivity index is 1.46. The Hall–Kier alpha value is -3.18. The molecule has 0 radical (unpaired) electrons.